The van der Waals surface area contributed by atoms with E-state index in [1.807, 2.05) is 24.3 Å². The average molecular weight is 189 g/mol. The molecule has 0 N–H and O–H groups in total. The minimum atomic E-state index is 0.790. The van der Waals surface area contributed by atoms with Crippen molar-refractivity contribution in [2.45, 2.75) is 26.2 Å². The van der Waals surface area contributed by atoms with Crippen molar-refractivity contribution in [1.82, 2.24) is 0 Å². The number of unbranched alkanes of at least 4 members (excludes halogenated alkanes) is 1. The number of ether oxygens (including phenoxy) is 1. The third-order valence-corrected chi connectivity index (χ3v) is 1.87. The van der Waals surface area contributed by atoms with Crippen LogP contribution in [0.2, 0.25) is 0 Å². The molecule has 0 amide bonds. The van der Waals surface area contributed by atoms with E-state index in [-0.39, 0.29) is 0 Å². The van der Waals surface area contributed by atoms with Crippen LogP contribution in [-0.2, 0) is 0 Å². The highest BCUT2D eigenvalue weighted by atomic mass is 16.5. The van der Waals surface area contributed by atoms with Crippen molar-refractivity contribution in [1.29, 1.82) is 0 Å². The second kappa shape index (κ2) is 7.19. The van der Waals surface area contributed by atoms with Crippen LogP contribution in [0.15, 0.2) is 36.4 Å². The second-order valence-electron chi connectivity index (χ2n) is 3.11. The smallest absolute Gasteiger partial charge is 0.119 e. The topological polar surface area (TPSA) is 9.23 Å². The zero-order valence-corrected chi connectivity index (χ0v) is 8.70. The molecule has 0 aliphatic rings. The van der Waals surface area contributed by atoms with Crippen LogP contribution in [0.5, 0.6) is 5.75 Å². The molecule has 1 radical (unpaired) electrons. The fraction of sp³-hybridized carbons (Fsp3) is 0.385. The van der Waals surface area contributed by atoms with Crippen molar-refractivity contribution in [2.24, 2.45) is 0 Å². The summed E-state index contributed by atoms with van der Waals surface area (Å²) in [6.07, 6.45) is 7.71. The maximum atomic E-state index is 5.53. The molecular weight excluding hydrogens is 172 g/mol. The van der Waals surface area contributed by atoms with Gasteiger partial charge in [0.25, 0.3) is 0 Å². The van der Waals surface area contributed by atoms with Gasteiger partial charge in [0.15, 0.2) is 0 Å². The average Bonchev–Trinajstić information content (AvgIpc) is 2.25. The Morgan fingerprint density at radius 1 is 1.29 bits per heavy atom. The largest absolute Gasteiger partial charge is 0.494 e. The molecule has 1 nitrogen and oxygen atoms in total. The van der Waals surface area contributed by atoms with Gasteiger partial charge in [-0.15, -0.1) is 0 Å². The van der Waals surface area contributed by atoms with Crippen molar-refractivity contribution in [3.63, 3.8) is 0 Å². The molecule has 0 aromatic heterocycles. The van der Waals surface area contributed by atoms with Gasteiger partial charge in [-0.3, -0.25) is 0 Å². The van der Waals surface area contributed by atoms with E-state index in [0.717, 1.165) is 31.6 Å². The highest BCUT2D eigenvalue weighted by molar-refractivity contribution is 5.20. The Labute approximate surface area is 86.4 Å². The lowest BCUT2D eigenvalue weighted by atomic mass is 10.3. The Morgan fingerprint density at radius 3 is 2.79 bits per heavy atom. The summed E-state index contributed by atoms with van der Waals surface area (Å²) >= 11 is 0. The summed E-state index contributed by atoms with van der Waals surface area (Å²) in [4.78, 5) is 0. The van der Waals surface area contributed by atoms with Gasteiger partial charge in [0.05, 0.1) is 6.61 Å². The molecule has 0 spiro atoms. The first kappa shape index (κ1) is 10.8. The molecule has 0 bridgehead atoms. The molecule has 1 rings (SSSR count). The second-order valence-corrected chi connectivity index (χ2v) is 3.11. The predicted octanol–water partition coefficient (Wildman–Crippen LogP) is 3.61. The molecule has 75 valence electrons. The number of hydrogen-bond acceptors (Lipinski definition) is 1. The van der Waals surface area contributed by atoms with Gasteiger partial charge in [-0.25, -0.2) is 0 Å². The number of allylic oxidation sites excluding steroid dienone is 2. The summed E-state index contributed by atoms with van der Waals surface area (Å²) in [6, 6.07) is 10.6. The van der Waals surface area contributed by atoms with Crippen molar-refractivity contribution in [3.05, 3.63) is 42.5 Å². The highest BCUT2D eigenvalue weighted by Gasteiger charge is 1.89. The number of benzene rings is 1. The van der Waals surface area contributed by atoms with Crippen molar-refractivity contribution < 1.29 is 4.74 Å². The van der Waals surface area contributed by atoms with E-state index < -0.39 is 0 Å². The van der Waals surface area contributed by atoms with Gasteiger partial charge in [0.2, 0.25) is 0 Å². The first-order chi connectivity index (χ1) is 6.93. The molecule has 1 aromatic rings. The van der Waals surface area contributed by atoms with Crippen molar-refractivity contribution in [3.8, 4) is 5.75 Å². The van der Waals surface area contributed by atoms with Crippen LogP contribution in [-0.4, -0.2) is 6.61 Å². The Bertz CT molecular complexity index is 251. The molecule has 0 aliphatic heterocycles. The summed E-state index contributed by atoms with van der Waals surface area (Å²) in [7, 11) is 0. The van der Waals surface area contributed by atoms with Gasteiger partial charge in [0, 0.05) is 0 Å². The first-order valence-corrected chi connectivity index (χ1v) is 5.17. The zero-order chi connectivity index (χ0) is 10.1. The minimum Gasteiger partial charge on any atom is -0.494 e. The first-order valence-electron chi connectivity index (χ1n) is 5.17. The molecule has 0 unspecified atom stereocenters. The van der Waals surface area contributed by atoms with Gasteiger partial charge in [-0.1, -0.05) is 31.2 Å². The molecule has 0 fully saturated rings. The van der Waals surface area contributed by atoms with Gasteiger partial charge in [-0.2, -0.15) is 0 Å². The SMILES string of the molecule is CC/C=C/CCCOc1cc[c]cc1. The van der Waals surface area contributed by atoms with E-state index in [1.165, 1.54) is 0 Å². The standard InChI is InChI=1S/C13H17O/c1-2-3-4-5-9-12-14-13-10-7-6-8-11-13/h3-4,7-8,10-11H,2,5,9,12H2,1H3/b4-3+. The third kappa shape index (κ3) is 4.70. The van der Waals surface area contributed by atoms with Gasteiger partial charge >= 0.3 is 0 Å². The van der Waals surface area contributed by atoms with Crippen molar-refractivity contribution >= 4 is 0 Å². The van der Waals surface area contributed by atoms with Crippen LogP contribution in [0.3, 0.4) is 0 Å². The molecule has 1 heteroatoms. The summed E-state index contributed by atoms with van der Waals surface area (Å²) in [5.41, 5.74) is 0. The molecular formula is C13H17O. The fourth-order valence-corrected chi connectivity index (χ4v) is 1.14. The number of rotatable bonds is 6. The lowest BCUT2D eigenvalue weighted by Crippen LogP contribution is -1.95. The van der Waals surface area contributed by atoms with E-state index in [0.29, 0.717) is 0 Å². The van der Waals surface area contributed by atoms with Gasteiger partial charge < -0.3 is 4.74 Å². The van der Waals surface area contributed by atoms with Gasteiger partial charge in [0.1, 0.15) is 5.75 Å². The Balaban J connectivity index is 2.07. The maximum absolute atomic E-state index is 5.53. The Hall–Kier alpha value is -1.24. The summed E-state index contributed by atoms with van der Waals surface area (Å²) < 4.78 is 5.53. The maximum Gasteiger partial charge on any atom is 0.119 e. The van der Waals surface area contributed by atoms with Crippen LogP contribution >= 0.6 is 0 Å². The van der Waals surface area contributed by atoms with Crippen molar-refractivity contribution in [2.75, 3.05) is 6.61 Å². The summed E-state index contributed by atoms with van der Waals surface area (Å²) in [5, 5.41) is 0. The van der Waals surface area contributed by atoms with Gasteiger partial charge in [-0.05, 0) is 37.5 Å². The molecule has 0 saturated carbocycles. The van der Waals surface area contributed by atoms with Crippen LogP contribution in [0.4, 0.5) is 0 Å². The zero-order valence-electron chi connectivity index (χ0n) is 8.70. The van der Waals surface area contributed by atoms with Crippen LogP contribution in [0, 0.1) is 6.07 Å². The predicted molar refractivity (Wildman–Crippen MR) is 59.4 cm³/mol. The Kier molecular flexibility index (Phi) is 5.57. The lowest BCUT2D eigenvalue weighted by molar-refractivity contribution is 0.312. The van der Waals surface area contributed by atoms with Crippen LogP contribution < -0.4 is 4.74 Å². The fourth-order valence-electron chi connectivity index (χ4n) is 1.14. The minimum absolute atomic E-state index is 0.790. The monoisotopic (exact) mass is 189 g/mol. The molecule has 0 atom stereocenters. The molecule has 1 aromatic carbocycles. The van der Waals surface area contributed by atoms with E-state index in [9.17, 15) is 0 Å². The molecule has 0 saturated heterocycles. The summed E-state index contributed by atoms with van der Waals surface area (Å²) in [6.45, 7) is 2.94. The van der Waals surface area contributed by atoms with E-state index in [2.05, 4.69) is 25.1 Å². The van der Waals surface area contributed by atoms with Crippen LogP contribution in [0.1, 0.15) is 26.2 Å². The van der Waals surface area contributed by atoms with Crippen LogP contribution in [0.25, 0.3) is 0 Å². The third-order valence-electron chi connectivity index (χ3n) is 1.87. The quantitative estimate of drug-likeness (QED) is 0.490. The lowest BCUT2D eigenvalue weighted by Gasteiger charge is -2.03. The number of hydrogen-bond donors (Lipinski definition) is 0. The van der Waals surface area contributed by atoms with E-state index >= 15 is 0 Å². The van der Waals surface area contributed by atoms with E-state index in [4.69, 9.17) is 4.74 Å². The molecule has 14 heavy (non-hydrogen) atoms. The summed E-state index contributed by atoms with van der Waals surface area (Å²) in [5.74, 6) is 0.934. The molecule has 0 aliphatic carbocycles. The Morgan fingerprint density at radius 2 is 2.07 bits per heavy atom. The molecule has 0 heterocycles. The highest BCUT2D eigenvalue weighted by Crippen LogP contribution is 2.08. The normalized spacial score (nSPS) is 10.6. The van der Waals surface area contributed by atoms with E-state index in [1.54, 1.807) is 0 Å².